The maximum Gasteiger partial charge on any atom is 0.255 e. The van der Waals surface area contributed by atoms with Gasteiger partial charge in [-0.1, -0.05) is 23.7 Å². The van der Waals surface area contributed by atoms with Crippen LogP contribution in [0.3, 0.4) is 0 Å². The molecule has 0 radical (unpaired) electrons. The lowest BCUT2D eigenvalue weighted by Gasteiger charge is -2.15. The summed E-state index contributed by atoms with van der Waals surface area (Å²) in [6.45, 7) is 2.76. The highest BCUT2D eigenvalue weighted by molar-refractivity contribution is 6.34. The first-order chi connectivity index (χ1) is 12.9. The molecule has 3 amide bonds. The van der Waals surface area contributed by atoms with Crippen molar-refractivity contribution in [1.82, 2.24) is 4.90 Å². The summed E-state index contributed by atoms with van der Waals surface area (Å²) in [7, 11) is 0. The minimum Gasteiger partial charge on any atom is -0.338 e. The van der Waals surface area contributed by atoms with Crippen LogP contribution in [-0.2, 0) is 16.1 Å². The van der Waals surface area contributed by atoms with Gasteiger partial charge in [0.1, 0.15) is 0 Å². The predicted octanol–water partition coefficient (Wildman–Crippen LogP) is 3.67. The zero-order chi connectivity index (χ0) is 19.4. The van der Waals surface area contributed by atoms with E-state index < -0.39 is 0 Å². The first-order valence-corrected chi connectivity index (χ1v) is 9.05. The number of hydrogen-bond acceptors (Lipinski definition) is 3. The van der Waals surface area contributed by atoms with Crippen LogP contribution in [0.25, 0.3) is 0 Å². The largest absolute Gasteiger partial charge is 0.338 e. The Balaban J connectivity index is 1.63. The maximum absolute atomic E-state index is 12.4. The van der Waals surface area contributed by atoms with Crippen LogP contribution in [0.5, 0.6) is 0 Å². The molecule has 2 N–H and O–H groups in total. The zero-order valence-corrected chi connectivity index (χ0v) is 15.7. The summed E-state index contributed by atoms with van der Waals surface area (Å²) in [6, 6.07) is 12.1. The van der Waals surface area contributed by atoms with Crippen LogP contribution < -0.4 is 10.6 Å². The first-order valence-electron chi connectivity index (χ1n) is 8.67. The molecule has 1 aliphatic rings. The number of nitrogens with zero attached hydrogens (tertiary/aromatic N) is 1. The van der Waals surface area contributed by atoms with Gasteiger partial charge in [-0.05, 0) is 42.3 Å². The summed E-state index contributed by atoms with van der Waals surface area (Å²) in [5.74, 6) is -0.303. The van der Waals surface area contributed by atoms with Crippen molar-refractivity contribution in [3.63, 3.8) is 0 Å². The minimum atomic E-state index is -0.262. The van der Waals surface area contributed by atoms with Crippen LogP contribution in [0.15, 0.2) is 42.5 Å². The number of halogens is 1. The summed E-state index contributed by atoms with van der Waals surface area (Å²) < 4.78 is 0. The molecule has 0 spiro atoms. The molecule has 140 valence electrons. The summed E-state index contributed by atoms with van der Waals surface area (Å²) in [6.07, 6.45) is 1.52. The Kier molecular flexibility index (Phi) is 5.76. The molecule has 1 aliphatic heterocycles. The molecule has 0 saturated carbocycles. The maximum atomic E-state index is 12.4. The van der Waals surface area contributed by atoms with E-state index in [9.17, 15) is 14.4 Å². The van der Waals surface area contributed by atoms with Gasteiger partial charge in [0.25, 0.3) is 5.91 Å². The second kappa shape index (κ2) is 8.22. The Morgan fingerprint density at radius 2 is 1.85 bits per heavy atom. The average Bonchev–Trinajstić information content (AvgIpc) is 3.02. The van der Waals surface area contributed by atoms with E-state index >= 15 is 0 Å². The highest BCUT2D eigenvalue weighted by atomic mass is 35.5. The van der Waals surface area contributed by atoms with Crippen LogP contribution >= 0.6 is 11.6 Å². The van der Waals surface area contributed by atoms with Crippen LogP contribution in [0.4, 0.5) is 11.4 Å². The standard InChI is InChI=1S/C20H20ClN3O3/c1-13(25)22-18-9-8-16(11-17(18)21)23-20(27)15-6-4-14(5-7-15)12-24-10-2-3-19(24)26/h4-9,11H,2-3,10,12H2,1H3,(H,22,25)(H,23,27). The van der Waals surface area contributed by atoms with Crippen molar-refractivity contribution in [2.45, 2.75) is 26.3 Å². The lowest BCUT2D eigenvalue weighted by atomic mass is 10.1. The molecular weight excluding hydrogens is 366 g/mol. The molecule has 1 fully saturated rings. The third-order valence-electron chi connectivity index (χ3n) is 4.30. The van der Waals surface area contributed by atoms with Crippen LogP contribution in [0.1, 0.15) is 35.7 Å². The van der Waals surface area contributed by atoms with Crippen LogP contribution in [0, 0.1) is 0 Å². The van der Waals surface area contributed by atoms with E-state index in [1.54, 1.807) is 30.3 Å². The summed E-state index contributed by atoms with van der Waals surface area (Å²) >= 11 is 6.12. The van der Waals surface area contributed by atoms with Gasteiger partial charge < -0.3 is 15.5 Å². The third kappa shape index (κ3) is 4.86. The molecule has 0 aromatic heterocycles. The highest BCUT2D eigenvalue weighted by Crippen LogP contribution is 2.26. The number of benzene rings is 2. The average molecular weight is 386 g/mol. The Hall–Kier alpha value is -2.86. The van der Waals surface area contributed by atoms with E-state index in [4.69, 9.17) is 11.6 Å². The van der Waals surface area contributed by atoms with Crippen molar-refractivity contribution < 1.29 is 14.4 Å². The van der Waals surface area contributed by atoms with Gasteiger partial charge in [-0.3, -0.25) is 14.4 Å². The number of likely N-dealkylation sites (tertiary alicyclic amines) is 1. The molecule has 3 rings (SSSR count). The molecule has 2 aromatic carbocycles. The van der Waals surface area contributed by atoms with Gasteiger partial charge >= 0.3 is 0 Å². The number of carbonyl (C=O) groups is 3. The number of carbonyl (C=O) groups excluding carboxylic acids is 3. The van der Waals surface area contributed by atoms with Crippen molar-refractivity contribution in [2.75, 3.05) is 17.2 Å². The molecule has 0 bridgehead atoms. The highest BCUT2D eigenvalue weighted by Gasteiger charge is 2.20. The van der Waals surface area contributed by atoms with Gasteiger partial charge in [-0.15, -0.1) is 0 Å². The Morgan fingerprint density at radius 1 is 1.11 bits per heavy atom. The molecule has 6 nitrogen and oxygen atoms in total. The second-order valence-corrected chi connectivity index (χ2v) is 6.85. The van der Waals surface area contributed by atoms with Gasteiger partial charge in [0.15, 0.2) is 0 Å². The number of anilines is 2. The van der Waals surface area contributed by atoms with E-state index in [-0.39, 0.29) is 17.7 Å². The van der Waals surface area contributed by atoms with Gasteiger partial charge in [0.05, 0.1) is 10.7 Å². The molecule has 1 saturated heterocycles. The van der Waals surface area contributed by atoms with E-state index in [1.807, 2.05) is 17.0 Å². The lowest BCUT2D eigenvalue weighted by molar-refractivity contribution is -0.128. The number of hydrogen-bond donors (Lipinski definition) is 2. The minimum absolute atomic E-state index is 0.177. The molecule has 1 heterocycles. The molecule has 27 heavy (non-hydrogen) atoms. The van der Waals surface area contributed by atoms with E-state index in [0.29, 0.717) is 34.9 Å². The van der Waals surface area contributed by atoms with Gasteiger partial charge in [0, 0.05) is 37.7 Å². The Bertz CT molecular complexity index is 881. The van der Waals surface area contributed by atoms with E-state index in [0.717, 1.165) is 18.5 Å². The van der Waals surface area contributed by atoms with Crippen molar-refractivity contribution in [3.8, 4) is 0 Å². The monoisotopic (exact) mass is 385 g/mol. The number of amides is 3. The fraction of sp³-hybridized carbons (Fsp3) is 0.250. The molecule has 7 heteroatoms. The Morgan fingerprint density at radius 3 is 2.44 bits per heavy atom. The second-order valence-electron chi connectivity index (χ2n) is 6.45. The zero-order valence-electron chi connectivity index (χ0n) is 14.9. The third-order valence-corrected chi connectivity index (χ3v) is 4.61. The van der Waals surface area contributed by atoms with Crippen molar-refractivity contribution in [2.24, 2.45) is 0 Å². The summed E-state index contributed by atoms with van der Waals surface area (Å²) in [5, 5.41) is 5.73. The molecule has 0 atom stereocenters. The lowest BCUT2D eigenvalue weighted by Crippen LogP contribution is -2.23. The number of nitrogens with one attached hydrogen (secondary N) is 2. The summed E-state index contributed by atoms with van der Waals surface area (Å²) in [5.41, 5.74) is 2.52. The quantitative estimate of drug-likeness (QED) is 0.824. The predicted molar refractivity (Wildman–Crippen MR) is 105 cm³/mol. The van der Waals surface area contributed by atoms with E-state index in [1.165, 1.54) is 6.92 Å². The van der Waals surface area contributed by atoms with Crippen LogP contribution in [0.2, 0.25) is 5.02 Å². The summed E-state index contributed by atoms with van der Waals surface area (Å²) in [4.78, 5) is 37.0. The van der Waals surface area contributed by atoms with Gasteiger partial charge in [-0.2, -0.15) is 0 Å². The van der Waals surface area contributed by atoms with Crippen LogP contribution in [-0.4, -0.2) is 29.2 Å². The van der Waals surface area contributed by atoms with E-state index in [2.05, 4.69) is 10.6 Å². The first kappa shape index (κ1) is 18.9. The molecule has 0 aliphatic carbocycles. The molecular formula is C20H20ClN3O3. The SMILES string of the molecule is CC(=O)Nc1ccc(NC(=O)c2ccc(CN3CCCC3=O)cc2)cc1Cl. The fourth-order valence-corrected chi connectivity index (χ4v) is 3.17. The van der Waals surface area contributed by atoms with Crippen molar-refractivity contribution in [3.05, 3.63) is 58.6 Å². The molecule has 0 unspecified atom stereocenters. The van der Waals surface area contributed by atoms with Gasteiger partial charge in [0.2, 0.25) is 11.8 Å². The smallest absolute Gasteiger partial charge is 0.255 e. The van der Waals surface area contributed by atoms with Crippen molar-refractivity contribution in [1.29, 1.82) is 0 Å². The topological polar surface area (TPSA) is 78.5 Å². The van der Waals surface area contributed by atoms with Gasteiger partial charge in [-0.25, -0.2) is 0 Å². The number of rotatable bonds is 5. The molecule has 2 aromatic rings. The normalized spacial score (nSPS) is 13.6. The van der Waals surface area contributed by atoms with Crippen molar-refractivity contribution >= 4 is 40.7 Å². The Labute approximate surface area is 162 Å². The fourth-order valence-electron chi connectivity index (χ4n) is 2.94.